The van der Waals surface area contributed by atoms with Crippen LogP contribution in [-0.2, 0) is 4.79 Å². The molecule has 6 heteroatoms. The van der Waals surface area contributed by atoms with E-state index in [0.29, 0.717) is 19.6 Å². The molecule has 0 bridgehead atoms. The average Bonchev–Trinajstić information content (AvgIpc) is 3.31. The van der Waals surface area contributed by atoms with Gasteiger partial charge in [0.25, 0.3) is 5.91 Å². The molecular formula is C18H19N3O2S. The largest absolute Gasteiger partial charge is 0.337 e. The number of carbonyl (C=O) groups excluding carboxylic acids is 2. The molecule has 0 aliphatic carbocycles. The van der Waals surface area contributed by atoms with E-state index in [9.17, 15) is 9.59 Å². The summed E-state index contributed by atoms with van der Waals surface area (Å²) < 4.78 is 0. The second kappa shape index (κ2) is 5.70. The van der Waals surface area contributed by atoms with E-state index in [1.54, 1.807) is 12.4 Å². The second-order valence-electron chi connectivity index (χ2n) is 6.64. The Hall–Kier alpha value is -2.21. The molecule has 2 aliphatic heterocycles. The molecule has 0 N–H and O–H groups in total. The summed E-state index contributed by atoms with van der Waals surface area (Å²) in [6.45, 7) is 3.94. The van der Waals surface area contributed by atoms with Crippen LogP contribution in [0.15, 0.2) is 42.0 Å². The highest BCUT2D eigenvalue weighted by atomic mass is 32.1. The highest BCUT2D eigenvalue weighted by Gasteiger charge is 2.56. The Bertz CT molecular complexity index is 762. The molecule has 2 saturated heterocycles. The molecule has 2 amide bonds. The number of carbonyl (C=O) groups is 2. The van der Waals surface area contributed by atoms with Crippen LogP contribution in [0, 0.1) is 11.3 Å². The van der Waals surface area contributed by atoms with Crippen LogP contribution >= 0.6 is 11.3 Å². The van der Waals surface area contributed by atoms with Crippen molar-refractivity contribution >= 4 is 28.8 Å². The Labute approximate surface area is 144 Å². The minimum atomic E-state index is -0.456. The van der Waals surface area contributed by atoms with E-state index in [2.05, 4.69) is 11.9 Å². The first-order valence-corrected chi connectivity index (χ1v) is 9.04. The van der Waals surface area contributed by atoms with Gasteiger partial charge < -0.3 is 9.80 Å². The van der Waals surface area contributed by atoms with Gasteiger partial charge in [0, 0.05) is 25.8 Å². The Morgan fingerprint density at radius 1 is 1.38 bits per heavy atom. The summed E-state index contributed by atoms with van der Waals surface area (Å²) in [6.07, 6.45) is 4.22. The molecule has 2 aromatic heterocycles. The van der Waals surface area contributed by atoms with Crippen molar-refractivity contribution in [1.82, 2.24) is 9.88 Å². The maximum atomic E-state index is 13.2. The monoisotopic (exact) mass is 341 g/mol. The molecule has 0 unspecified atom stereocenters. The van der Waals surface area contributed by atoms with E-state index in [0.717, 1.165) is 17.0 Å². The summed E-state index contributed by atoms with van der Waals surface area (Å²) >= 11 is 1.45. The lowest BCUT2D eigenvalue weighted by atomic mass is 9.78. The first kappa shape index (κ1) is 15.3. The van der Waals surface area contributed by atoms with E-state index in [1.807, 2.05) is 39.4 Å². The Morgan fingerprint density at radius 3 is 2.96 bits per heavy atom. The van der Waals surface area contributed by atoms with Crippen LogP contribution in [0.1, 0.15) is 23.0 Å². The van der Waals surface area contributed by atoms with Gasteiger partial charge in [-0.25, -0.2) is 0 Å². The molecule has 124 valence electrons. The van der Waals surface area contributed by atoms with Crippen molar-refractivity contribution in [1.29, 1.82) is 0 Å². The molecule has 2 aliphatic rings. The molecule has 2 fully saturated rings. The number of hydrogen-bond donors (Lipinski definition) is 0. The molecule has 1 spiro atoms. The molecule has 24 heavy (non-hydrogen) atoms. The normalized spacial score (nSPS) is 26.5. The lowest BCUT2D eigenvalue weighted by Gasteiger charge is -2.26. The number of nitrogens with zero attached hydrogens (tertiary/aromatic N) is 3. The third-order valence-electron chi connectivity index (χ3n) is 5.34. The molecule has 2 atom stereocenters. The van der Waals surface area contributed by atoms with Crippen LogP contribution in [0.4, 0.5) is 5.69 Å². The molecule has 5 nitrogen and oxygen atoms in total. The van der Waals surface area contributed by atoms with Crippen molar-refractivity contribution in [3.05, 3.63) is 46.9 Å². The first-order valence-electron chi connectivity index (χ1n) is 8.16. The number of amides is 2. The first-order chi connectivity index (χ1) is 11.6. The standard InChI is InChI=1S/C18H19N3O2S/c1-13-11-20(16(22)15-5-3-9-24-15)12-18(13)6-8-21(17(18)23)14-4-2-7-19-10-14/h2-5,7,9-10,13H,6,8,11-12H2,1H3/t13-,18-/m1/s1. The molecular weight excluding hydrogens is 322 g/mol. The summed E-state index contributed by atoms with van der Waals surface area (Å²) in [5.74, 6) is 0.335. The van der Waals surface area contributed by atoms with Crippen molar-refractivity contribution in [2.45, 2.75) is 13.3 Å². The molecule has 4 rings (SSSR count). The fraction of sp³-hybridized carbons (Fsp3) is 0.389. The maximum absolute atomic E-state index is 13.2. The third-order valence-corrected chi connectivity index (χ3v) is 6.20. The van der Waals surface area contributed by atoms with Gasteiger partial charge in [0.05, 0.1) is 22.2 Å². The third kappa shape index (κ3) is 2.24. The lowest BCUT2D eigenvalue weighted by molar-refractivity contribution is -0.126. The smallest absolute Gasteiger partial charge is 0.263 e. The van der Waals surface area contributed by atoms with Crippen LogP contribution in [0.3, 0.4) is 0 Å². The number of likely N-dealkylation sites (tertiary alicyclic amines) is 1. The van der Waals surface area contributed by atoms with Crippen LogP contribution in [0.25, 0.3) is 0 Å². The van der Waals surface area contributed by atoms with Gasteiger partial charge >= 0.3 is 0 Å². The predicted octanol–water partition coefficient (Wildman–Crippen LogP) is 2.66. The fourth-order valence-electron chi connectivity index (χ4n) is 3.93. The van der Waals surface area contributed by atoms with Gasteiger partial charge in [-0.05, 0) is 35.9 Å². The minimum absolute atomic E-state index is 0.0429. The van der Waals surface area contributed by atoms with Gasteiger partial charge in [-0.15, -0.1) is 11.3 Å². The van der Waals surface area contributed by atoms with Gasteiger partial charge in [-0.1, -0.05) is 13.0 Å². The SMILES string of the molecule is C[C@@H]1CN(C(=O)c2cccs2)C[C@]12CCN(c1cccnc1)C2=O. The van der Waals surface area contributed by atoms with Gasteiger partial charge in [0.1, 0.15) is 0 Å². The molecule has 0 saturated carbocycles. The maximum Gasteiger partial charge on any atom is 0.263 e. The topological polar surface area (TPSA) is 53.5 Å². The summed E-state index contributed by atoms with van der Waals surface area (Å²) in [6, 6.07) is 7.50. The average molecular weight is 341 g/mol. The zero-order chi connectivity index (χ0) is 16.7. The molecule has 0 radical (unpaired) electrons. The molecule has 0 aromatic carbocycles. The molecule has 4 heterocycles. The summed E-state index contributed by atoms with van der Waals surface area (Å²) in [5.41, 5.74) is 0.387. The van der Waals surface area contributed by atoms with E-state index in [4.69, 9.17) is 0 Å². The van der Waals surface area contributed by atoms with Crippen LogP contribution in [0.2, 0.25) is 0 Å². The van der Waals surface area contributed by atoms with Crippen LogP contribution < -0.4 is 4.90 Å². The second-order valence-corrected chi connectivity index (χ2v) is 7.59. The van der Waals surface area contributed by atoms with Gasteiger partial charge in [0.2, 0.25) is 5.91 Å². The minimum Gasteiger partial charge on any atom is -0.337 e. The zero-order valence-electron chi connectivity index (χ0n) is 13.5. The van der Waals surface area contributed by atoms with Crippen molar-refractivity contribution in [3.63, 3.8) is 0 Å². The summed E-state index contributed by atoms with van der Waals surface area (Å²) in [7, 11) is 0. The Balaban J connectivity index is 1.58. The van der Waals surface area contributed by atoms with Crippen molar-refractivity contribution in [3.8, 4) is 0 Å². The number of pyridine rings is 1. The number of rotatable bonds is 2. The van der Waals surface area contributed by atoms with E-state index in [1.165, 1.54) is 11.3 Å². The fourth-order valence-corrected chi connectivity index (χ4v) is 4.62. The number of hydrogen-bond acceptors (Lipinski definition) is 4. The quantitative estimate of drug-likeness (QED) is 0.844. The predicted molar refractivity (Wildman–Crippen MR) is 93.0 cm³/mol. The van der Waals surface area contributed by atoms with Crippen LogP contribution in [-0.4, -0.2) is 41.3 Å². The summed E-state index contributed by atoms with van der Waals surface area (Å²) in [4.78, 5) is 34.3. The van der Waals surface area contributed by atoms with E-state index < -0.39 is 5.41 Å². The van der Waals surface area contributed by atoms with Crippen molar-refractivity contribution in [2.75, 3.05) is 24.5 Å². The van der Waals surface area contributed by atoms with Crippen LogP contribution in [0.5, 0.6) is 0 Å². The highest BCUT2D eigenvalue weighted by Crippen LogP contribution is 2.46. The number of anilines is 1. The number of aromatic nitrogens is 1. The van der Waals surface area contributed by atoms with E-state index >= 15 is 0 Å². The summed E-state index contributed by atoms with van der Waals surface area (Å²) in [5, 5.41) is 1.91. The Kier molecular flexibility index (Phi) is 3.64. The number of thiophene rings is 1. The van der Waals surface area contributed by atoms with Crippen molar-refractivity contribution in [2.24, 2.45) is 11.3 Å². The van der Waals surface area contributed by atoms with Gasteiger partial charge in [-0.2, -0.15) is 0 Å². The van der Waals surface area contributed by atoms with Gasteiger partial charge in [-0.3, -0.25) is 14.6 Å². The Morgan fingerprint density at radius 2 is 2.25 bits per heavy atom. The van der Waals surface area contributed by atoms with E-state index in [-0.39, 0.29) is 17.7 Å². The zero-order valence-corrected chi connectivity index (χ0v) is 14.3. The highest BCUT2D eigenvalue weighted by molar-refractivity contribution is 7.12. The van der Waals surface area contributed by atoms with Gasteiger partial charge in [0.15, 0.2) is 0 Å². The lowest BCUT2D eigenvalue weighted by Crippen LogP contribution is -2.40. The molecule has 2 aromatic rings. The van der Waals surface area contributed by atoms with Crippen molar-refractivity contribution < 1.29 is 9.59 Å².